The van der Waals surface area contributed by atoms with Gasteiger partial charge in [-0.1, -0.05) is 13.8 Å². The van der Waals surface area contributed by atoms with Crippen molar-refractivity contribution in [1.29, 1.82) is 0 Å². The molecule has 3 aromatic heterocycles. The fourth-order valence-corrected chi connectivity index (χ4v) is 3.76. The third-order valence-electron chi connectivity index (χ3n) is 5.12. The van der Waals surface area contributed by atoms with E-state index in [4.69, 9.17) is 25.3 Å². The van der Waals surface area contributed by atoms with Gasteiger partial charge in [0.2, 0.25) is 0 Å². The van der Waals surface area contributed by atoms with Crippen molar-refractivity contribution in [3.05, 3.63) is 48.5 Å². The largest absolute Gasteiger partial charge is 0.492 e. The van der Waals surface area contributed by atoms with Crippen LogP contribution in [-0.2, 0) is 24.2 Å². The van der Waals surface area contributed by atoms with Crippen molar-refractivity contribution in [2.45, 2.75) is 33.4 Å². The van der Waals surface area contributed by atoms with Gasteiger partial charge in [0.15, 0.2) is 5.82 Å². The van der Waals surface area contributed by atoms with E-state index in [1.54, 1.807) is 7.11 Å². The quantitative estimate of drug-likeness (QED) is 0.414. The number of nitrogen functional groups attached to an aromatic ring is 1. The first-order valence-corrected chi connectivity index (χ1v) is 10.8. The first-order valence-electron chi connectivity index (χ1n) is 10.8. The van der Waals surface area contributed by atoms with Crippen LogP contribution in [0.2, 0.25) is 0 Å². The van der Waals surface area contributed by atoms with Crippen LogP contribution < -0.4 is 10.5 Å². The number of fused-ring (bicyclic) bond motifs is 3. The number of rotatable bonds is 9. The number of nitrogens with zero attached hydrogens (tertiary/aromatic N) is 4. The van der Waals surface area contributed by atoms with Crippen LogP contribution >= 0.6 is 0 Å². The van der Waals surface area contributed by atoms with Crippen molar-refractivity contribution in [2.75, 3.05) is 33.2 Å². The third kappa shape index (κ3) is 5.20. The monoisotopic (exact) mass is 439 g/mol. The minimum absolute atomic E-state index is 0.447. The molecule has 0 amide bonds. The van der Waals surface area contributed by atoms with Gasteiger partial charge in [-0.3, -0.25) is 0 Å². The molecule has 0 fully saturated rings. The van der Waals surface area contributed by atoms with E-state index in [1.165, 1.54) is 0 Å². The fraction of sp³-hybridized carbons (Fsp3) is 0.417. The number of benzene rings is 1. The molecule has 32 heavy (non-hydrogen) atoms. The highest BCUT2D eigenvalue weighted by Crippen LogP contribution is 2.31. The van der Waals surface area contributed by atoms with Crippen LogP contribution in [0.25, 0.3) is 21.9 Å². The number of hydrogen-bond acceptors (Lipinski definition) is 6. The highest BCUT2D eigenvalue weighted by Gasteiger charge is 2.18. The Morgan fingerprint density at radius 2 is 1.84 bits per heavy atom. The topological polar surface area (TPSA) is 100 Å². The van der Waals surface area contributed by atoms with Crippen molar-refractivity contribution in [1.82, 2.24) is 19.1 Å². The highest BCUT2D eigenvalue weighted by atomic mass is 16.5. The number of hydrogen-bond donors (Lipinski definition) is 2. The van der Waals surface area contributed by atoms with Gasteiger partial charge in [0.1, 0.15) is 23.7 Å². The van der Waals surface area contributed by atoms with E-state index in [9.17, 15) is 0 Å². The number of pyridine rings is 1. The normalized spacial score (nSPS) is 11.2. The zero-order valence-electron chi connectivity index (χ0n) is 19.3. The van der Waals surface area contributed by atoms with Crippen LogP contribution in [-0.4, -0.2) is 51.6 Å². The van der Waals surface area contributed by atoms with Crippen LogP contribution in [0.15, 0.2) is 42.7 Å². The first kappa shape index (κ1) is 23.6. The molecule has 0 aliphatic carbocycles. The maximum absolute atomic E-state index is 7.00. The van der Waals surface area contributed by atoms with Crippen LogP contribution in [0.4, 0.5) is 5.82 Å². The van der Waals surface area contributed by atoms with Crippen LogP contribution in [0.3, 0.4) is 0 Å². The van der Waals surface area contributed by atoms with E-state index in [0.717, 1.165) is 60.1 Å². The summed E-state index contributed by atoms with van der Waals surface area (Å²) < 4.78 is 15.6. The molecular formula is C24H33N5O3. The number of anilines is 1. The Morgan fingerprint density at radius 3 is 2.53 bits per heavy atom. The highest BCUT2D eigenvalue weighted by molar-refractivity contribution is 6.06. The van der Waals surface area contributed by atoms with E-state index >= 15 is 0 Å². The lowest BCUT2D eigenvalue weighted by atomic mass is 10.1. The summed E-state index contributed by atoms with van der Waals surface area (Å²) in [5.74, 6) is 2.69. The molecule has 0 bridgehead atoms. The molecule has 3 heterocycles. The van der Waals surface area contributed by atoms with E-state index in [0.29, 0.717) is 24.9 Å². The predicted molar refractivity (Wildman–Crippen MR) is 128 cm³/mol. The van der Waals surface area contributed by atoms with Gasteiger partial charge in [-0.2, -0.15) is 0 Å². The van der Waals surface area contributed by atoms with Crippen molar-refractivity contribution < 1.29 is 14.6 Å². The molecule has 0 aliphatic heterocycles. The molecule has 3 N–H and O–H groups in total. The van der Waals surface area contributed by atoms with E-state index < -0.39 is 0 Å². The molecule has 0 aliphatic rings. The van der Waals surface area contributed by atoms with Gasteiger partial charge in [0.25, 0.3) is 0 Å². The van der Waals surface area contributed by atoms with Gasteiger partial charge in [-0.15, -0.1) is 0 Å². The molecule has 8 heteroatoms. The molecule has 172 valence electrons. The second-order valence-electron chi connectivity index (χ2n) is 7.92. The van der Waals surface area contributed by atoms with Gasteiger partial charge in [-0.05, 0) is 30.2 Å². The lowest BCUT2D eigenvalue weighted by Gasteiger charge is -2.13. The minimum Gasteiger partial charge on any atom is -0.492 e. The lowest BCUT2D eigenvalue weighted by Crippen LogP contribution is -2.10. The third-order valence-corrected chi connectivity index (χ3v) is 5.12. The number of methoxy groups -OCH3 is 1. The summed E-state index contributed by atoms with van der Waals surface area (Å²) in [6.07, 6.45) is 4.79. The molecule has 0 radical (unpaired) electrons. The summed E-state index contributed by atoms with van der Waals surface area (Å²) in [4.78, 5) is 9.44. The second-order valence-corrected chi connectivity index (χ2v) is 7.92. The van der Waals surface area contributed by atoms with Gasteiger partial charge in [0.05, 0.1) is 24.2 Å². The van der Waals surface area contributed by atoms with Crippen molar-refractivity contribution >= 4 is 27.8 Å². The smallest absolute Gasteiger partial charge is 0.152 e. The number of aliphatic hydroxyl groups excluding tert-OH is 1. The van der Waals surface area contributed by atoms with Gasteiger partial charge in [0, 0.05) is 51.0 Å². The zero-order valence-corrected chi connectivity index (χ0v) is 19.3. The molecule has 1 aromatic carbocycles. The standard InChI is InChI=1S/C23H29N5O2.CH4O/c1-16(2)15-28-20(8-12-29-3)26-21-22(28)18-7-6-17(14-19(18)25-23(21)24)30-13-11-27-9-4-5-10-27;1-2/h4-7,9-10,14,16H,8,11-13,15H2,1-3H3,(H2,24,25);2H,1H3. The molecule has 0 spiro atoms. The molecule has 0 saturated heterocycles. The summed E-state index contributed by atoms with van der Waals surface area (Å²) in [5.41, 5.74) is 8.93. The van der Waals surface area contributed by atoms with Crippen molar-refractivity contribution in [3.63, 3.8) is 0 Å². The Labute approximate surface area is 188 Å². The molecule has 4 rings (SSSR count). The lowest BCUT2D eigenvalue weighted by molar-refractivity contribution is 0.199. The predicted octanol–water partition coefficient (Wildman–Crippen LogP) is 3.50. The average Bonchev–Trinajstić information content (AvgIpc) is 3.42. The Hall–Kier alpha value is -3.10. The SMILES string of the molecule is CO.COCCc1nc2c(N)nc3cc(OCCn4cccc4)ccc3c2n1CC(C)C. The molecule has 8 nitrogen and oxygen atoms in total. The number of nitrogens with two attached hydrogens (primary N) is 1. The molecular weight excluding hydrogens is 406 g/mol. The summed E-state index contributed by atoms with van der Waals surface area (Å²) in [7, 11) is 2.71. The fourth-order valence-electron chi connectivity index (χ4n) is 3.76. The second kappa shape index (κ2) is 11.0. The Bertz CT molecular complexity index is 1140. The van der Waals surface area contributed by atoms with Crippen molar-refractivity contribution in [3.8, 4) is 5.75 Å². The molecule has 0 saturated carbocycles. The summed E-state index contributed by atoms with van der Waals surface area (Å²) in [6, 6.07) is 10.0. The Kier molecular flexibility index (Phi) is 8.08. The molecule has 4 aromatic rings. The van der Waals surface area contributed by atoms with Crippen LogP contribution in [0.1, 0.15) is 19.7 Å². The Balaban J connectivity index is 0.00000141. The van der Waals surface area contributed by atoms with Crippen LogP contribution in [0.5, 0.6) is 5.75 Å². The van der Waals surface area contributed by atoms with E-state index in [-0.39, 0.29) is 0 Å². The van der Waals surface area contributed by atoms with Crippen molar-refractivity contribution in [2.24, 2.45) is 5.92 Å². The Morgan fingerprint density at radius 1 is 1.09 bits per heavy atom. The minimum atomic E-state index is 0.447. The van der Waals surface area contributed by atoms with Gasteiger partial charge < -0.3 is 29.4 Å². The zero-order chi connectivity index (χ0) is 23.1. The number of ether oxygens (including phenoxy) is 2. The van der Waals surface area contributed by atoms with E-state index in [1.807, 2.05) is 36.7 Å². The number of aliphatic hydroxyl groups is 1. The van der Waals surface area contributed by atoms with Gasteiger partial charge in [-0.25, -0.2) is 9.97 Å². The average molecular weight is 440 g/mol. The van der Waals surface area contributed by atoms with Gasteiger partial charge >= 0.3 is 0 Å². The first-order chi connectivity index (χ1) is 15.6. The summed E-state index contributed by atoms with van der Waals surface area (Å²) >= 11 is 0. The molecule has 0 atom stereocenters. The maximum Gasteiger partial charge on any atom is 0.152 e. The summed E-state index contributed by atoms with van der Waals surface area (Å²) in [6.45, 7) is 7.27. The maximum atomic E-state index is 7.00. The number of aromatic nitrogens is 4. The van der Waals surface area contributed by atoms with E-state index in [2.05, 4.69) is 34.0 Å². The van der Waals surface area contributed by atoms with Crippen LogP contribution in [0, 0.1) is 5.92 Å². The number of imidazole rings is 1. The molecule has 0 unspecified atom stereocenters. The summed E-state index contributed by atoms with van der Waals surface area (Å²) in [5, 5.41) is 8.04.